The SMILES string of the molecule is CN/C=C(\C=N)C(=O)N1CCOCC1CNC(=O)c1ccc(C(=N)NC(=O)C(F)(F)F)cc1. The van der Waals surface area contributed by atoms with Crippen LogP contribution in [0.3, 0.4) is 0 Å². The van der Waals surface area contributed by atoms with Gasteiger partial charge in [0.25, 0.3) is 11.8 Å². The number of rotatable bonds is 7. The van der Waals surface area contributed by atoms with Crippen LogP contribution in [-0.2, 0) is 14.3 Å². The molecule has 1 unspecified atom stereocenters. The van der Waals surface area contributed by atoms with Crippen LogP contribution in [0.2, 0.25) is 0 Å². The summed E-state index contributed by atoms with van der Waals surface area (Å²) in [4.78, 5) is 37.6. The van der Waals surface area contributed by atoms with Crippen LogP contribution in [0, 0.1) is 10.8 Å². The Balaban J connectivity index is 1.99. The first-order chi connectivity index (χ1) is 15.6. The van der Waals surface area contributed by atoms with E-state index in [1.165, 1.54) is 40.7 Å². The number of carbonyl (C=O) groups is 3. The fraction of sp³-hybridized carbons (Fsp3) is 0.350. The number of amides is 3. The number of halogens is 3. The Bertz CT molecular complexity index is 946. The van der Waals surface area contributed by atoms with E-state index in [1.807, 2.05) is 0 Å². The van der Waals surface area contributed by atoms with Crippen LogP contribution in [-0.4, -0.2) is 80.2 Å². The standard InChI is InChI=1S/C20H23F3N6O4/c1-26-9-14(8-24)18(31)29-6-7-33-11-15(29)10-27-17(30)13-4-2-12(3-5-13)16(25)28-19(32)20(21,22)23/h2-5,8-9,15,24,26H,6-7,10-11H2,1H3,(H,27,30)(H2,25,28,32)/b14-9+,24-8?. The van der Waals surface area contributed by atoms with Crippen molar-refractivity contribution in [3.63, 3.8) is 0 Å². The monoisotopic (exact) mass is 468 g/mol. The molecule has 0 radical (unpaired) electrons. The summed E-state index contributed by atoms with van der Waals surface area (Å²) in [5.41, 5.74) is 0.294. The largest absolute Gasteiger partial charge is 0.471 e. The lowest BCUT2D eigenvalue weighted by Crippen LogP contribution is -2.54. The second-order valence-corrected chi connectivity index (χ2v) is 6.87. The third kappa shape index (κ3) is 6.87. The molecule has 10 nitrogen and oxygen atoms in total. The van der Waals surface area contributed by atoms with Gasteiger partial charge in [-0.1, -0.05) is 12.1 Å². The highest BCUT2D eigenvalue weighted by Crippen LogP contribution is 2.15. The summed E-state index contributed by atoms with van der Waals surface area (Å²) in [6, 6.07) is 4.57. The fourth-order valence-electron chi connectivity index (χ4n) is 2.94. The lowest BCUT2D eigenvalue weighted by Gasteiger charge is -2.35. The van der Waals surface area contributed by atoms with Crippen molar-refractivity contribution in [2.24, 2.45) is 0 Å². The molecule has 0 aromatic heterocycles. The molecule has 2 rings (SSSR count). The summed E-state index contributed by atoms with van der Waals surface area (Å²) < 4.78 is 42.3. The molecule has 178 valence electrons. The first-order valence-electron chi connectivity index (χ1n) is 9.70. The predicted molar refractivity (Wildman–Crippen MR) is 112 cm³/mol. The van der Waals surface area contributed by atoms with Crippen LogP contribution in [0.25, 0.3) is 0 Å². The molecule has 5 N–H and O–H groups in total. The van der Waals surface area contributed by atoms with Crippen molar-refractivity contribution in [2.45, 2.75) is 12.2 Å². The Morgan fingerprint density at radius 2 is 1.85 bits per heavy atom. The molecule has 1 saturated heterocycles. The smallest absolute Gasteiger partial charge is 0.393 e. The second kappa shape index (κ2) is 11.2. The molecule has 0 aliphatic carbocycles. The summed E-state index contributed by atoms with van der Waals surface area (Å²) in [7, 11) is 1.60. The van der Waals surface area contributed by atoms with Crippen LogP contribution < -0.4 is 16.0 Å². The first kappa shape index (κ1) is 25.5. The van der Waals surface area contributed by atoms with Gasteiger partial charge in [0.2, 0.25) is 0 Å². The van der Waals surface area contributed by atoms with Gasteiger partial charge >= 0.3 is 12.1 Å². The number of benzene rings is 1. The summed E-state index contributed by atoms with van der Waals surface area (Å²) in [6.07, 6.45) is -2.79. The molecule has 13 heteroatoms. The molecule has 0 saturated carbocycles. The van der Waals surface area contributed by atoms with Crippen molar-refractivity contribution in [3.05, 3.63) is 47.2 Å². The van der Waals surface area contributed by atoms with E-state index < -0.39 is 29.9 Å². The number of amidine groups is 1. The predicted octanol–water partition coefficient (Wildman–Crippen LogP) is 0.401. The molecule has 1 aliphatic heterocycles. The molecule has 1 heterocycles. The second-order valence-electron chi connectivity index (χ2n) is 6.87. The number of nitrogens with one attached hydrogen (secondary N) is 5. The minimum absolute atomic E-state index is 0.0166. The topological polar surface area (TPSA) is 147 Å². The maximum atomic E-state index is 12.7. The Morgan fingerprint density at radius 1 is 1.21 bits per heavy atom. The van der Waals surface area contributed by atoms with E-state index in [1.54, 1.807) is 7.05 Å². The lowest BCUT2D eigenvalue weighted by atomic mass is 10.1. The van der Waals surface area contributed by atoms with Crippen molar-refractivity contribution in [2.75, 3.05) is 33.4 Å². The van der Waals surface area contributed by atoms with E-state index in [-0.39, 0.29) is 42.3 Å². The molecule has 1 aliphatic rings. The minimum atomic E-state index is -5.12. The van der Waals surface area contributed by atoms with Crippen LogP contribution in [0.5, 0.6) is 0 Å². The maximum Gasteiger partial charge on any atom is 0.471 e. The molecular weight excluding hydrogens is 445 g/mol. The van der Waals surface area contributed by atoms with Crippen LogP contribution in [0.15, 0.2) is 36.0 Å². The Kier molecular flexibility index (Phi) is 8.68. The molecular formula is C20H23F3N6O4. The number of carbonyl (C=O) groups excluding carboxylic acids is 3. The molecule has 1 atom stereocenters. The van der Waals surface area contributed by atoms with E-state index in [4.69, 9.17) is 15.6 Å². The average molecular weight is 468 g/mol. The van der Waals surface area contributed by atoms with Gasteiger partial charge in [0, 0.05) is 43.7 Å². The average Bonchev–Trinajstić information content (AvgIpc) is 2.80. The lowest BCUT2D eigenvalue weighted by molar-refractivity contribution is -0.171. The number of hydrogen-bond donors (Lipinski definition) is 5. The number of hydrogen-bond acceptors (Lipinski definition) is 7. The highest BCUT2D eigenvalue weighted by Gasteiger charge is 2.39. The highest BCUT2D eigenvalue weighted by atomic mass is 19.4. The maximum absolute atomic E-state index is 12.7. The Hall–Kier alpha value is -3.74. The zero-order chi connectivity index (χ0) is 24.6. The van der Waals surface area contributed by atoms with Crippen LogP contribution >= 0.6 is 0 Å². The Labute approximate surface area is 187 Å². The number of nitrogens with zero attached hydrogens (tertiary/aromatic N) is 1. The van der Waals surface area contributed by atoms with Crippen LogP contribution in [0.1, 0.15) is 15.9 Å². The normalized spacial score (nSPS) is 16.5. The molecule has 1 aromatic carbocycles. The molecule has 3 amide bonds. The zero-order valence-corrected chi connectivity index (χ0v) is 17.6. The van der Waals surface area contributed by atoms with Crippen molar-refractivity contribution in [1.82, 2.24) is 20.9 Å². The molecule has 33 heavy (non-hydrogen) atoms. The number of ether oxygens (including phenoxy) is 1. The van der Waals surface area contributed by atoms with Gasteiger partial charge in [-0.25, -0.2) is 0 Å². The summed E-state index contributed by atoms with van der Waals surface area (Å²) in [5, 5.41) is 21.8. The number of morpholine rings is 1. The van der Waals surface area contributed by atoms with E-state index in [2.05, 4.69) is 10.6 Å². The zero-order valence-electron chi connectivity index (χ0n) is 17.6. The number of alkyl halides is 3. The van der Waals surface area contributed by atoms with Crippen LogP contribution in [0.4, 0.5) is 13.2 Å². The third-order valence-electron chi connectivity index (χ3n) is 4.62. The van der Waals surface area contributed by atoms with E-state index >= 15 is 0 Å². The Morgan fingerprint density at radius 3 is 2.42 bits per heavy atom. The highest BCUT2D eigenvalue weighted by molar-refractivity contribution is 6.11. The fourth-order valence-corrected chi connectivity index (χ4v) is 2.94. The van der Waals surface area contributed by atoms with Crippen molar-refractivity contribution in [1.29, 1.82) is 10.8 Å². The van der Waals surface area contributed by atoms with E-state index in [0.717, 1.165) is 6.21 Å². The van der Waals surface area contributed by atoms with Gasteiger partial charge in [-0.05, 0) is 12.1 Å². The van der Waals surface area contributed by atoms with E-state index in [0.29, 0.717) is 6.61 Å². The van der Waals surface area contributed by atoms with Gasteiger partial charge in [-0.3, -0.25) is 19.8 Å². The van der Waals surface area contributed by atoms with Gasteiger partial charge < -0.3 is 31.0 Å². The minimum Gasteiger partial charge on any atom is -0.393 e. The van der Waals surface area contributed by atoms with Crippen molar-refractivity contribution in [3.8, 4) is 0 Å². The molecule has 0 spiro atoms. The van der Waals surface area contributed by atoms with Crippen molar-refractivity contribution >= 4 is 29.8 Å². The first-order valence-corrected chi connectivity index (χ1v) is 9.70. The van der Waals surface area contributed by atoms with Gasteiger partial charge in [0.15, 0.2) is 0 Å². The van der Waals surface area contributed by atoms with Crippen molar-refractivity contribution < 1.29 is 32.3 Å². The van der Waals surface area contributed by atoms with Gasteiger partial charge in [0.05, 0.1) is 24.8 Å². The van der Waals surface area contributed by atoms with Gasteiger partial charge in [-0.2, -0.15) is 13.2 Å². The van der Waals surface area contributed by atoms with E-state index in [9.17, 15) is 27.6 Å². The molecule has 1 fully saturated rings. The van der Waals surface area contributed by atoms with Gasteiger partial charge in [-0.15, -0.1) is 0 Å². The molecule has 0 bridgehead atoms. The molecule has 1 aromatic rings. The van der Waals surface area contributed by atoms with Gasteiger partial charge in [0.1, 0.15) is 5.84 Å². The summed E-state index contributed by atoms with van der Waals surface area (Å²) in [6.45, 7) is 0.856. The summed E-state index contributed by atoms with van der Waals surface area (Å²) >= 11 is 0. The quantitative estimate of drug-likeness (QED) is 0.223. The third-order valence-corrected chi connectivity index (χ3v) is 4.62. The summed E-state index contributed by atoms with van der Waals surface area (Å²) in [5.74, 6) is -3.91.